The molecule has 21 heavy (non-hydrogen) atoms. The van der Waals surface area contributed by atoms with E-state index in [-0.39, 0.29) is 12.4 Å². The predicted octanol–water partition coefficient (Wildman–Crippen LogP) is 2.57. The van der Waals surface area contributed by atoms with Crippen molar-refractivity contribution in [3.05, 3.63) is 24.3 Å². The molecule has 0 aliphatic carbocycles. The monoisotopic (exact) mass is 314 g/mol. The second-order valence-electron chi connectivity index (χ2n) is 5.31. The first-order chi connectivity index (χ1) is 9.81. The molecule has 4 nitrogen and oxygen atoms in total. The van der Waals surface area contributed by atoms with Gasteiger partial charge in [0.1, 0.15) is 6.61 Å². The van der Waals surface area contributed by atoms with Crippen LogP contribution in [-0.4, -0.2) is 51.3 Å². The zero-order valence-electron chi connectivity index (χ0n) is 13.0. The number of nitrogens with one attached hydrogen (secondary N) is 1. The lowest BCUT2D eigenvalue weighted by atomic mass is 10.1. The molecule has 1 aliphatic rings. The summed E-state index contributed by atoms with van der Waals surface area (Å²) in [6.45, 7) is 3.92. The van der Waals surface area contributed by atoms with Crippen molar-refractivity contribution in [1.82, 2.24) is 10.2 Å². The number of benzene rings is 1. The Bertz CT molecular complexity index is 396. The van der Waals surface area contributed by atoms with Crippen LogP contribution in [0.5, 0.6) is 11.5 Å². The fourth-order valence-corrected chi connectivity index (χ4v) is 2.66. The Morgan fingerprint density at radius 1 is 1.19 bits per heavy atom. The molecule has 1 aliphatic heterocycles. The van der Waals surface area contributed by atoms with Gasteiger partial charge in [-0.15, -0.1) is 12.4 Å². The summed E-state index contributed by atoms with van der Waals surface area (Å²) in [4.78, 5) is 2.42. The predicted molar refractivity (Wildman–Crippen MR) is 88.9 cm³/mol. The quantitative estimate of drug-likeness (QED) is 0.875. The first-order valence-electron chi connectivity index (χ1n) is 7.48. The summed E-state index contributed by atoms with van der Waals surface area (Å²) in [5, 5.41) is 3.45. The van der Waals surface area contributed by atoms with Crippen LogP contribution in [0.4, 0.5) is 0 Å². The molecule has 5 heteroatoms. The smallest absolute Gasteiger partial charge is 0.161 e. The van der Waals surface area contributed by atoms with Crippen molar-refractivity contribution in [1.29, 1.82) is 0 Å². The normalized spacial score (nSPS) is 18.7. The van der Waals surface area contributed by atoms with E-state index in [0.29, 0.717) is 12.6 Å². The molecule has 0 amide bonds. The van der Waals surface area contributed by atoms with Gasteiger partial charge >= 0.3 is 0 Å². The number of hydrogen-bond donors (Lipinski definition) is 1. The van der Waals surface area contributed by atoms with Gasteiger partial charge in [-0.1, -0.05) is 12.1 Å². The minimum Gasteiger partial charge on any atom is -0.493 e. The summed E-state index contributed by atoms with van der Waals surface area (Å²) in [5.41, 5.74) is 0. The molecule has 1 N–H and O–H groups in total. The summed E-state index contributed by atoms with van der Waals surface area (Å²) >= 11 is 0. The van der Waals surface area contributed by atoms with Gasteiger partial charge in [-0.2, -0.15) is 0 Å². The van der Waals surface area contributed by atoms with Gasteiger partial charge in [0.15, 0.2) is 11.5 Å². The summed E-state index contributed by atoms with van der Waals surface area (Å²) < 4.78 is 11.1. The van der Waals surface area contributed by atoms with E-state index < -0.39 is 0 Å². The number of halogens is 1. The fraction of sp³-hybridized carbons (Fsp3) is 0.625. The van der Waals surface area contributed by atoms with E-state index in [0.717, 1.165) is 31.1 Å². The van der Waals surface area contributed by atoms with E-state index in [9.17, 15) is 0 Å². The zero-order valence-corrected chi connectivity index (χ0v) is 13.8. The summed E-state index contributed by atoms with van der Waals surface area (Å²) in [7, 11) is 3.87. The van der Waals surface area contributed by atoms with Crippen LogP contribution in [0.2, 0.25) is 0 Å². The molecule has 1 unspecified atom stereocenters. The number of para-hydroxylation sites is 2. The van der Waals surface area contributed by atoms with Crippen LogP contribution in [0.1, 0.15) is 19.3 Å². The molecule has 120 valence electrons. The minimum atomic E-state index is 0. The van der Waals surface area contributed by atoms with Crippen LogP contribution in [0.25, 0.3) is 0 Å². The molecule has 1 saturated heterocycles. The average Bonchev–Trinajstić information content (AvgIpc) is 2.77. The van der Waals surface area contributed by atoms with Gasteiger partial charge in [0.25, 0.3) is 0 Å². The van der Waals surface area contributed by atoms with Gasteiger partial charge in [0.05, 0.1) is 7.11 Å². The lowest BCUT2D eigenvalue weighted by molar-refractivity contribution is 0.178. The van der Waals surface area contributed by atoms with E-state index >= 15 is 0 Å². The van der Waals surface area contributed by atoms with Gasteiger partial charge < -0.3 is 14.8 Å². The Balaban J connectivity index is 0.00000220. The highest BCUT2D eigenvalue weighted by Crippen LogP contribution is 2.25. The average molecular weight is 315 g/mol. The maximum atomic E-state index is 5.84. The second-order valence-corrected chi connectivity index (χ2v) is 5.31. The minimum absolute atomic E-state index is 0. The van der Waals surface area contributed by atoms with E-state index in [4.69, 9.17) is 9.47 Å². The molecule has 0 radical (unpaired) electrons. The third-order valence-corrected chi connectivity index (χ3v) is 3.94. The topological polar surface area (TPSA) is 33.7 Å². The number of ether oxygens (including phenoxy) is 2. The highest BCUT2D eigenvalue weighted by molar-refractivity contribution is 5.85. The summed E-state index contributed by atoms with van der Waals surface area (Å²) in [6.07, 6.45) is 3.77. The van der Waals surface area contributed by atoms with Crippen molar-refractivity contribution in [3.8, 4) is 11.5 Å². The van der Waals surface area contributed by atoms with Crippen LogP contribution in [0, 0.1) is 0 Å². The molecule has 1 heterocycles. The van der Waals surface area contributed by atoms with E-state index in [1.807, 2.05) is 24.3 Å². The molecule has 0 aromatic heterocycles. The van der Waals surface area contributed by atoms with E-state index in [1.54, 1.807) is 7.11 Å². The maximum absolute atomic E-state index is 5.84. The first kappa shape index (κ1) is 18.1. The molecular formula is C16H27ClN2O2. The van der Waals surface area contributed by atoms with E-state index in [1.165, 1.54) is 19.3 Å². The van der Waals surface area contributed by atoms with Crippen molar-refractivity contribution >= 4 is 12.4 Å². The van der Waals surface area contributed by atoms with Gasteiger partial charge in [-0.3, -0.25) is 4.90 Å². The van der Waals surface area contributed by atoms with Crippen LogP contribution in [0.3, 0.4) is 0 Å². The first-order valence-corrected chi connectivity index (χ1v) is 7.48. The van der Waals surface area contributed by atoms with Gasteiger partial charge in [0.2, 0.25) is 0 Å². The van der Waals surface area contributed by atoms with Crippen molar-refractivity contribution in [3.63, 3.8) is 0 Å². The SMILES string of the molecule is COc1ccccc1OCCN(C)C1CCCNCC1.Cl. The van der Waals surface area contributed by atoms with Crippen LogP contribution in [0.15, 0.2) is 24.3 Å². The molecule has 1 aromatic carbocycles. The molecule has 1 atom stereocenters. The van der Waals surface area contributed by atoms with Gasteiger partial charge in [0, 0.05) is 12.6 Å². The molecule has 1 fully saturated rings. The second kappa shape index (κ2) is 9.87. The molecular weight excluding hydrogens is 288 g/mol. The van der Waals surface area contributed by atoms with Gasteiger partial charge in [-0.25, -0.2) is 0 Å². The van der Waals surface area contributed by atoms with Crippen LogP contribution in [-0.2, 0) is 0 Å². The molecule has 0 spiro atoms. The third-order valence-electron chi connectivity index (χ3n) is 3.94. The number of nitrogens with zero attached hydrogens (tertiary/aromatic N) is 1. The lowest BCUT2D eigenvalue weighted by Crippen LogP contribution is -2.35. The Kier molecular flexibility index (Phi) is 8.50. The van der Waals surface area contributed by atoms with Gasteiger partial charge in [-0.05, 0) is 51.5 Å². The number of likely N-dealkylation sites (N-methyl/N-ethyl adjacent to an activating group) is 1. The Morgan fingerprint density at radius 3 is 2.71 bits per heavy atom. The Morgan fingerprint density at radius 2 is 1.95 bits per heavy atom. The van der Waals surface area contributed by atoms with E-state index in [2.05, 4.69) is 17.3 Å². The van der Waals surface area contributed by atoms with Crippen LogP contribution < -0.4 is 14.8 Å². The fourth-order valence-electron chi connectivity index (χ4n) is 2.66. The molecule has 0 saturated carbocycles. The maximum Gasteiger partial charge on any atom is 0.161 e. The van der Waals surface area contributed by atoms with Crippen molar-refractivity contribution < 1.29 is 9.47 Å². The Labute approximate surface area is 134 Å². The van der Waals surface area contributed by atoms with Crippen molar-refractivity contribution in [2.24, 2.45) is 0 Å². The highest BCUT2D eigenvalue weighted by atomic mass is 35.5. The molecule has 0 bridgehead atoms. The Hall–Kier alpha value is -0.970. The van der Waals surface area contributed by atoms with Crippen LogP contribution >= 0.6 is 12.4 Å². The zero-order chi connectivity index (χ0) is 14.2. The third kappa shape index (κ3) is 5.73. The number of methoxy groups -OCH3 is 1. The van der Waals surface area contributed by atoms with Crippen molar-refractivity contribution in [2.75, 3.05) is 40.4 Å². The number of hydrogen-bond acceptors (Lipinski definition) is 4. The lowest BCUT2D eigenvalue weighted by Gasteiger charge is -2.26. The number of rotatable bonds is 6. The molecule has 2 rings (SSSR count). The molecule has 1 aromatic rings. The summed E-state index contributed by atoms with van der Waals surface area (Å²) in [5.74, 6) is 1.62. The van der Waals surface area contributed by atoms with Crippen molar-refractivity contribution in [2.45, 2.75) is 25.3 Å². The summed E-state index contributed by atoms with van der Waals surface area (Å²) in [6, 6.07) is 8.48. The highest BCUT2D eigenvalue weighted by Gasteiger charge is 2.16. The largest absolute Gasteiger partial charge is 0.493 e. The standard InChI is InChI=1S/C16H26N2O2.ClH/c1-18(14-6-5-10-17-11-9-14)12-13-20-16-8-4-3-7-15(16)19-2;/h3-4,7-8,14,17H,5-6,9-13H2,1-2H3;1H.